The monoisotopic (exact) mass is 255 g/mol. The van der Waals surface area contributed by atoms with Crippen molar-refractivity contribution in [2.75, 3.05) is 6.54 Å². The number of rotatable bonds is 5. The van der Waals surface area contributed by atoms with Gasteiger partial charge in [-0.05, 0) is 26.7 Å². The van der Waals surface area contributed by atoms with Gasteiger partial charge in [-0.1, -0.05) is 39.0 Å². The van der Waals surface area contributed by atoms with Crippen molar-refractivity contribution >= 4 is 5.97 Å². The quantitative estimate of drug-likeness (QED) is 0.817. The van der Waals surface area contributed by atoms with Crippen LogP contribution < -0.4 is 0 Å². The normalized spacial score (nSPS) is 20.7. The van der Waals surface area contributed by atoms with Gasteiger partial charge in [0.2, 0.25) is 0 Å². The standard InChI is InChI=1S/C15H29NO2/c1-12(2)16(11-13(3)15(17)18)14-9-7-5-4-6-8-10-14/h12-14H,4-11H2,1-3H3,(H,17,18). The summed E-state index contributed by atoms with van der Waals surface area (Å²) in [6.45, 7) is 6.89. The Morgan fingerprint density at radius 3 is 2.06 bits per heavy atom. The van der Waals surface area contributed by atoms with Crippen molar-refractivity contribution in [3.8, 4) is 0 Å². The maximum Gasteiger partial charge on any atom is 0.307 e. The molecule has 0 saturated heterocycles. The van der Waals surface area contributed by atoms with E-state index in [1.165, 1.54) is 44.9 Å². The first-order valence-electron chi connectivity index (χ1n) is 7.51. The van der Waals surface area contributed by atoms with E-state index in [-0.39, 0.29) is 5.92 Å². The molecule has 1 rings (SSSR count). The van der Waals surface area contributed by atoms with Crippen LogP contribution in [0, 0.1) is 5.92 Å². The molecule has 1 N–H and O–H groups in total. The van der Waals surface area contributed by atoms with Crippen LogP contribution in [0.1, 0.15) is 65.7 Å². The molecule has 18 heavy (non-hydrogen) atoms. The molecule has 106 valence electrons. The predicted molar refractivity (Wildman–Crippen MR) is 74.7 cm³/mol. The van der Waals surface area contributed by atoms with Gasteiger partial charge in [-0.25, -0.2) is 0 Å². The van der Waals surface area contributed by atoms with E-state index in [1.807, 2.05) is 6.92 Å². The summed E-state index contributed by atoms with van der Waals surface area (Å²) in [5, 5.41) is 9.08. The van der Waals surface area contributed by atoms with Crippen LogP contribution in [0.3, 0.4) is 0 Å². The molecule has 0 aromatic carbocycles. The SMILES string of the molecule is CC(CN(C(C)C)C1CCCCCCC1)C(=O)O. The lowest BCUT2D eigenvalue weighted by Gasteiger charge is -2.37. The Balaban J connectivity index is 2.60. The third kappa shape index (κ3) is 4.97. The number of carboxylic acids is 1. The second kappa shape index (κ2) is 7.78. The van der Waals surface area contributed by atoms with E-state index in [0.717, 1.165) is 0 Å². The first kappa shape index (κ1) is 15.5. The Kier molecular flexibility index (Phi) is 6.69. The summed E-state index contributed by atoms with van der Waals surface area (Å²) in [7, 11) is 0. The number of aliphatic carboxylic acids is 1. The fourth-order valence-electron chi connectivity index (χ4n) is 2.94. The molecule has 1 aliphatic rings. The summed E-state index contributed by atoms with van der Waals surface area (Å²) in [6.07, 6.45) is 9.15. The second-order valence-electron chi connectivity index (χ2n) is 6.03. The van der Waals surface area contributed by atoms with Crippen LogP contribution in [0.2, 0.25) is 0 Å². The van der Waals surface area contributed by atoms with E-state index in [1.54, 1.807) is 0 Å². The largest absolute Gasteiger partial charge is 0.481 e. The first-order valence-corrected chi connectivity index (χ1v) is 7.51. The van der Waals surface area contributed by atoms with Crippen molar-refractivity contribution in [2.45, 2.75) is 77.8 Å². The maximum absolute atomic E-state index is 11.0. The summed E-state index contributed by atoms with van der Waals surface area (Å²) in [5.41, 5.74) is 0. The van der Waals surface area contributed by atoms with Crippen LogP contribution in [0.15, 0.2) is 0 Å². The molecule has 1 saturated carbocycles. The summed E-state index contributed by atoms with van der Waals surface area (Å²) < 4.78 is 0. The second-order valence-corrected chi connectivity index (χ2v) is 6.03. The third-order valence-corrected chi connectivity index (χ3v) is 4.11. The minimum absolute atomic E-state index is 0.266. The molecule has 0 radical (unpaired) electrons. The molecule has 0 heterocycles. The zero-order chi connectivity index (χ0) is 13.5. The Labute approximate surface area is 112 Å². The van der Waals surface area contributed by atoms with Gasteiger partial charge in [-0.2, -0.15) is 0 Å². The average molecular weight is 255 g/mol. The number of nitrogens with zero attached hydrogens (tertiary/aromatic N) is 1. The van der Waals surface area contributed by atoms with Crippen LogP contribution in [-0.4, -0.2) is 34.6 Å². The number of hydrogen-bond acceptors (Lipinski definition) is 2. The van der Waals surface area contributed by atoms with E-state index < -0.39 is 5.97 Å². The van der Waals surface area contributed by atoms with E-state index in [2.05, 4.69) is 18.7 Å². The molecule has 1 atom stereocenters. The third-order valence-electron chi connectivity index (χ3n) is 4.11. The molecular weight excluding hydrogens is 226 g/mol. The highest BCUT2D eigenvalue weighted by Gasteiger charge is 2.25. The van der Waals surface area contributed by atoms with Crippen molar-refractivity contribution in [2.24, 2.45) is 5.92 Å². The topological polar surface area (TPSA) is 40.5 Å². The summed E-state index contributed by atoms with van der Waals surface area (Å²) in [4.78, 5) is 13.5. The van der Waals surface area contributed by atoms with Crippen molar-refractivity contribution in [3.63, 3.8) is 0 Å². The van der Waals surface area contributed by atoms with E-state index in [0.29, 0.717) is 18.6 Å². The molecule has 1 aliphatic carbocycles. The van der Waals surface area contributed by atoms with Gasteiger partial charge in [0.05, 0.1) is 5.92 Å². The van der Waals surface area contributed by atoms with Crippen LogP contribution in [-0.2, 0) is 4.79 Å². The molecule has 0 aliphatic heterocycles. The Bertz CT molecular complexity index is 245. The highest BCUT2D eigenvalue weighted by atomic mass is 16.4. The summed E-state index contributed by atoms with van der Waals surface area (Å²) in [6, 6.07) is 1.03. The Hall–Kier alpha value is -0.570. The van der Waals surface area contributed by atoms with E-state index in [4.69, 9.17) is 5.11 Å². The van der Waals surface area contributed by atoms with E-state index >= 15 is 0 Å². The lowest BCUT2D eigenvalue weighted by Crippen LogP contribution is -2.44. The Morgan fingerprint density at radius 2 is 1.61 bits per heavy atom. The molecule has 3 heteroatoms. The van der Waals surface area contributed by atoms with Gasteiger partial charge in [0, 0.05) is 18.6 Å². The van der Waals surface area contributed by atoms with Crippen molar-refractivity contribution < 1.29 is 9.90 Å². The molecule has 0 aromatic heterocycles. The zero-order valence-corrected chi connectivity index (χ0v) is 12.2. The Morgan fingerprint density at radius 1 is 1.11 bits per heavy atom. The molecule has 1 unspecified atom stereocenters. The van der Waals surface area contributed by atoms with Crippen LogP contribution in [0.4, 0.5) is 0 Å². The zero-order valence-electron chi connectivity index (χ0n) is 12.2. The van der Waals surface area contributed by atoms with Gasteiger partial charge >= 0.3 is 5.97 Å². The first-order chi connectivity index (χ1) is 8.52. The molecule has 0 spiro atoms. The fourth-order valence-corrected chi connectivity index (χ4v) is 2.94. The smallest absolute Gasteiger partial charge is 0.307 e. The van der Waals surface area contributed by atoms with E-state index in [9.17, 15) is 4.79 Å². The number of carbonyl (C=O) groups is 1. The minimum Gasteiger partial charge on any atom is -0.481 e. The maximum atomic E-state index is 11.0. The molecule has 1 fully saturated rings. The molecule has 0 aromatic rings. The lowest BCUT2D eigenvalue weighted by molar-refractivity contribution is -0.142. The number of carboxylic acid groups (broad SMARTS) is 1. The molecule has 0 bridgehead atoms. The van der Waals surface area contributed by atoms with Crippen LogP contribution in [0.5, 0.6) is 0 Å². The van der Waals surface area contributed by atoms with Crippen LogP contribution in [0.25, 0.3) is 0 Å². The average Bonchev–Trinajstić information content (AvgIpc) is 2.25. The van der Waals surface area contributed by atoms with Gasteiger partial charge in [-0.15, -0.1) is 0 Å². The minimum atomic E-state index is -0.675. The predicted octanol–water partition coefficient (Wildman–Crippen LogP) is 3.53. The van der Waals surface area contributed by atoms with Gasteiger partial charge in [0.15, 0.2) is 0 Å². The van der Waals surface area contributed by atoms with Gasteiger partial charge in [0.1, 0.15) is 0 Å². The van der Waals surface area contributed by atoms with Crippen molar-refractivity contribution in [1.82, 2.24) is 4.90 Å². The van der Waals surface area contributed by atoms with Crippen molar-refractivity contribution in [3.05, 3.63) is 0 Å². The van der Waals surface area contributed by atoms with Crippen molar-refractivity contribution in [1.29, 1.82) is 0 Å². The van der Waals surface area contributed by atoms with Gasteiger partial charge in [-0.3, -0.25) is 9.69 Å². The summed E-state index contributed by atoms with van der Waals surface area (Å²) in [5.74, 6) is -0.940. The molecular formula is C15H29NO2. The van der Waals surface area contributed by atoms with Gasteiger partial charge < -0.3 is 5.11 Å². The lowest BCUT2D eigenvalue weighted by atomic mass is 9.94. The molecule has 3 nitrogen and oxygen atoms in total. The fraction of sp³-hybridized carbons (Fsp3) is 0.933. The van der Waals surface area contributed by atoms with Crippen LogP contribution >= 0.6 is 0 Å². The highest BCUT2D eigenvalue weighted by Crippen LogP contribution is 2.23. The molecule has 0 amide bonds. The highest BCUT2D eigenvalue weighted by molar-refractivity contribution is 5.69. The number of hydrogen-bond donors (Lipinski definition) is 1. The summed E-state index contributed by atoms with van der Waals surface area (Å²) >= 11 is 0. The van der Waals surface area contributed by atoms with Gasteiger partial charge in [0.25, 0.3) is 0 Å².